The van der Waals surface area contributed by atoms with Crippen molar-refractivity contribution in [2.24, 2.45) is 5.92 Å². The van der Waals surface area contributed by atoms with E-state index >= 15 is 0 Å². The maximum absolute atomic E-state index is 4.37. The van der Waals surface area contributed by atoms with Gasteiger partial charge in [-0.2, -0.15) is 0 Å². The average Bonchev–Trinajstić information content (AvgIpc) is 2.72. The van der Waals surface area contributed by atoms with Gasteiger partial charge >= 0.3 is 0 Å². The molecule has 2 aromatic rings. The monoisotopic (exact) mass is 389 g/mol. The normalized spacial score (nSPS) is 11.8. The Balaban J connectivity index is 1.96. The van der Waals surface area contributed by atoms with Crippen LogP contribution in [0.25, 0.3) is 5.57 Å². The standard InChI is InChI=1S/C28H39N/c1-6-7-12-25-17-22(2)18-26(21-25)13-11-14-27(20-24(4)29-5)19-23(3)28-15-9-8-10-16-28/h8-10,15-18,21,27,29H,3-4,6-7,11-14,19-20H2,1-2,5H3. The summed E-state index contributed by atoms with van der Waals surface area (Å²) in [6.07, 6.45) is 9.33. The highest BCUT2D eigenvalue weighted by Crippen LogP contribution is 2.28. The number of hydrogen-bond donors (Lipinski definition) is 1. The Morgan fingerprint density at radius 3 is 2.21 bits per heavy atom. The van der Waals surface area contributed by atoms with Crippen LogP contribution < -0.4 is 5.32 Å². The highest BCUT2D eigenvalue weighted by atomic mass is 14.8. The zero-order valence-electron chi connectivity index (χ0n) is 18.8. The van der Waals surface area contributed by atoms with Gasteiger partial charge in [0, 0.05) is 12.7 Å². The highest BCUT2D eigenvalue weighted by molar-refractivity contribution is 5.63. The van der Waals surface area contributed by atoms with Crippen LogP contribution in [0.5, 0.6) is 0 Å². The summed E-state index contributed by atoms with van der Waals surface area (Å²) in [7, 11) is 1.97. The summed E-state index contributed by atoms with van der Waals surface area (Å²) in [5, 5.41) is 3.23. The minimum absolute atomic E-state index is 0.576. The first-order valence-corrected chi connectivity index (χ1v) is 11.2. The zero-order valence-corrected chi connectivity index (χ0v) is 18.8. The molecule has 0 aliphatic rings. The van der Waals surface area contributed by atoms with Crippen molar-refractivity contribution in [1.82, 2.24) is 5.32 Å². The molecule has 1 heteroatoms. The average molecular weight is 390 g/mol. The van der Waals surface area contributed by atoms with Crippen LogP contribution in [-0.4, -0.2) is 7.05 Å². The van der Waals surface area contributed by atoms with E-state index in [1.54, 1.807) is 0 Å². The van der Waals surface area contributed by atoms with E-state index in [1.807, 2.05) is 7.05 Å². The Morgan fingerprint density at radius 2 is 1.59 bits per heavy atom. The molecule has 0 fully saturated rings. The molecule has 2 rings (SSSR count). The van der Waals surface area contributed by atoms with E-state index in [2.05, 4.69) is 80.9 Å². The van der Waals surface area contributed by atoms with Crippen LogP contribution in [0.1, 0.15) is 67.7 Å². The van der Waals surface area contributed by atoms with E-state index in [0.717, 1.165) is 25.0 Å². The third-order valence-corrected chi connectivity index (χ3v) is 5.70. The van der Waals surface area contributed by atoms with Gasteiger partial charge < -0.3 is 5.32 Å². The molecule has 0 saturated heterocycles. The van der Waals surface area contributed by atoms with Gasteiger partial charge in [-0.3, -0.25) is 0 Å². The Kier molecular flexibility index (Phi) is 9.77. The number of benzene rings is 2. The summed E-state index contributed by atoms with van der Waals surface area (Å²) in [4.78, 5) is 0. The molecule has 0 heterocycles. The van der Waals surface area contributed by atoms with Crippen LogP contribution in [0.4, 0.5) is 0 Å². The van der Waals surface area contributed by atoms with Gasteiger partial charge in [0.15, 0.2) is 0 Å². The van der Waals surface area contributed by atoms with Gasteiger partial charge in [0.2, 0.25) is 0 Å². The van der Waals surface area contributed by atoms with Gasteiger partial charge in [0.1, 0.15) is 0 Å². The maximum Gasteiger partial charge on any atom is 0.00339 e. The third-order valence-electron chi connectivity index (χ3n) is 5.70. The van der Waals surface area contributed by atoms with E-state index in [0.29, 0.717) is 5.92 Å². The largest absolute Gasteiger partial charge is 0.392 e. The SMILES string of the molecule is C=C(CC(CCCc1cc(C)cc(CCCC)c1)CC(=C)c1ccccc1)NC. The first-order chi connectivity index (χ1) is 14.0. The van der Waals surface area contributed by atoms with Crippen molar-refractivity contribution in [2.45, 2.75) is 65.2 Å². The molecule has 0 aromatic heterocycles. The second kappa shape index (κ2) is 12.3. The second-order valence-electron chi connectivity index (χ2n) is 8.42. The summed E-state index contributed by atoms with van der Waals surface area (Å²) in [5.74, 6) is 0.576. The molecule has 0 amide bonds. The van der Waals surface area contributed by atoms with Crippen LogP contribution in [0.15, 0.2) is 67.4 Å². The number of aryl methyl sites for hydroxylation is 3. The lowest BCUT2D eigenvalue weighted by Gasteiger charge is -2.20. The molecule has 2 aromatic carbocycles. The predicted octanol–water partition coefficient (Wildman–Crippen LogP) is 7.50. The smallest absolute Gasteiger partial charge is 0.00339 e. The number of unbranched alkanes of at least 4 members (excludes halogenated alkanes) is 1. The van der Waals surface area contributed by atoms with Crippen molar-refractivity contribution in [3.63, 3.8) is 0 Å². The maximum atomic E-state index is 4.37. The van der Waals surface area contributed by atoms with Crippen molar-refractivity contribution in [3.8, 4) is 0 Å². The van der Waals surface area contributed by atoms with Crippen LogP contribution in [0, 0.1) is 12.8 Å². The molecule has 1 nitrogen and oxygen atoms in total. The van der Waals surface area contributed by atoms with Crippen LogP contribution >= 0.6 is 0 Å². The van der Waals surface area contributed by atoms with Gasteiger partial charge in [0.25, 0.3) is 0 Å². The fraction of sp³-hybridized carbons (Fsp3) is 0.429. The first kappa shape index (κ1) is 23.0. The quantitative estimate of drug-likeness (QED) is 0.374. The van der Waals surface area contributed by atoms with Crippen molar-refractivity contribution in [2.75, 3.05) is 7.05 Å². The summed E-state index contributed by atoms with van der Waals surface area (Å²) >= 11 is 0. The number of allylic oxidation sites excluding steroid dienone is 2. The molecular weight excluding hydrogens is 350 g/mol. The van der Waals surface area contributed by atoms with Crippen molar-refractivity contribution >= 4 is 5.57 Å². The summed E-state index contributed by atoms with van der Waals surface area (Å²) in [5.41, 5.74) is 7.99. The molecule has 0 aliphatic heterocycles. The number of nitrogens with one attached hydrogen (secondary N) is 1. The Hall–Kier alpha value is -2.28. The van der Waals surface area contributed by atoms with Crippen LogP contribution in [0.3, 0.4) is 0 Å². The molecular formula is C28H39N. The topological polar surface area (TPSA) is 12.0 Å². The highest BCUT2D eigenvalue weighted by Gasteiger charge is 2.13. The zero-order chi connectivity index (χ0) is 21.1. The lowest BCUT2D eigenvalue weighted by Crippen LogP contribution is -2.11. The molecule has 0 bridgehead atoms. The second-order valence-corrected chi connectivity index (χ2v) is 8.42. The minimum atomic E-state index is 0.576. The molecule has 156 valence electrons. The number of hydrogen-bond acceptors (Lipinski definition) is 1. The van der Waals surface area contributed by atoms with Crippen LogP contribution in [0.2, 0.25) is 0 Å². The van der Waals surface area contributed by atoms with Crippen molar-refractivity contribution < 1.29 is 0 Å². The van der Waals surface area contributed by atoms with Gasteiger partial charge in [-0.15, -0.1) is 0 Å². The Labute approximate surface area is 178 Å². The van der Waals surface area contributed by atoms with E-state index in [9.17, 15) is 0 Å². The first-order valence-electron chi connectivity index (χ1n) is 11.2. The lowest BCUT2D eigenvalue weighted by molar-refractivity contribution is 0.467. The summed E-state index contributed by atoms with van der Waals surface area (Å²) in [6, 6.07) is 17.7. The Morgan fingerprint density at radius 1 is 0.931 bits per heavy atom. The molecule has 1 atom stereocenters. The van der Waals surface area contributed by atoms with E-state index in [4.69, 9.17) is 0 Å². The predicted molar refractivity (Wildman–Crippen MR) is 129 cm³/mol. The van der Waals surface area contributed by atoms with Gasteiger partial charge in [-0.25, -0.2) is 0 Å². The van der Waals surface area contributed by atoms with Gasteiger partial charge in [-0.05, 0) is 80.1 Å². The fourth-order valence-corrected chi connectivity index (χ4v) is 4.08. The minimum Gasteiger partial charge on any atom is -0.392 e. The van der Waals surface area contributed by atoms with E-state index in [-0.39, 0.29) is 0 Å². The molecule has 0 aliphatic carbocycles. The molecule has 0 radical (unpaired) electrons. The molecule has 1 N–H and O–H groups in total. The summed E-state index contributed by atoms with van der Waals surface area (Å²) in [6.45, 7) is 13.0. The Bertz CT molecular complexity index is 772. The lowest BCUT2D eigenvalue weighted by atomic mass is 9.87. The van der Waals surface area contributed by atoms with Crippen molar-refractivity contribution in [3.05, 3.63) is 89.6 Å². The van der Waals surface area contributed by atoms with E-state index < -0.39 is 0 Å². The fourth-order valence-electron chi connectivity index (χ4n) is 4.08. The van der Waals surface area contributed by atoms with Crippen molar-refractivity contribution in [1.29, 1.82) is 0 Å². The molecule has 1 unspecified atom stereocenters. The molecule has 0 saturated carbocycles. The number of rotatable bonds is 13. The molecule has 29 heavy (non-hydrogen) atoms. The summed E-state index contributed by atoms with van der Waals surface area (Å²) < 4.78 is 0. The molecule has 0 spiro atoms. The van der Waals surface area contributed by atoms with Crippen LogP contribution in [-0.2, 0) is 12.8 Å². The third kappa shape index (κ3) is 8.31. The van der Waals surface area contributed by atoms with E-state index in [1.165, 1.54) is 59.9 Å². The van der Waals surface area contributed by atoms with Gasteiger partial charge in [0.05, 0.1) is 0 Å². The van der Waals surface area contributed by atoms with Gasteiger partial charge in [-0.1, -0.05) is 80.6 Å².